The van der Waals surface area contributed by atoms with Gasteiger partial charge in [0.25, 0.3) is 0 Å². The van der Waals surface area contributed by atoms with Gasteiger partial charge in [0.15, 0.2) is 0 Å². The number of likely N-dealkylation sites (N-methyl/N-ethyl adjacent to an activating group) is 1. The Hall–Kier alpha value is -0.490. The van der Waals surface area contributed by atoms with Gasteiger partial charge in [-0.2, -0.15) is 0 Å². The minimum atomic E-state index is 0.741. The van der Waals surface area contributed by atoms with Crippen molar-refractivity contribution in [2.75, 3.05) is 33.2 Å². The number of likely N-dealkylation sites (tertiary alicyclic amines) is 1. The number of nitrogens with zero attached hydrogens (tertiary/aromatic N) is 3. The van der Waals surface area contributed by atoms with E-state index in [-0.39, 0.29) is 0 Å². The minimum Gasteiger partial charge on any atom is -0.314 e. The monoisotopic (exact) mass is 282 g/mol. The Kier molecular flexibility index (Phi) is 5.76. The van der Waals surface area contributed by atoms with Gasteiger partial charge in [0, 0.05) is 37.6 Å². The van der Waals surface area contributed by atoms with Gasteiger partial charge in [-0.1, -0.05) is 13.8 Å². The third-order valence-corrected chi connectivity index (χ3v) is 4.79. The second-order valence-corrected chi connectivity index (χ2v) is 6.10. The lowest BCUT2D eigenvalue weighted by atomic mass is 10.2. The first-order chi connectivity index (χ1) is 9.26. The summed E-state index contributed by atoms with van der Waals surface area (Å²) < 4.78 is 0. The summed E-state index contributed by atoms with van der Waals surface area (Å²) in [6.45, 7) is 11.1. The third kappa shape index (κ3) is 3.99. The topological polar surface area (TPSA) is 31.4 Å². The highest BCUT2D eigenvalue weighted by molar-refractivity contribution is 7.09. The van der Waals surface area contributed by atoms with Gasteiger partial charge < -0.3 is 5.32 Å². The van der Waals surface area contributed by atoms with Crippen LogP contribution < -0.4 is 5.32 Å². The highest BCUT2D eigenvalue weighted by atomic mass is 32.1. The van der Waals surface area contributed by atoms with E-state index in [4.69, 9.17) is 0 Å². The van der Waals surface area contributed by atoms with Crippen molar-refractivity contribution in [3.05, 3.63) is 16.1 Å². The van der Waals surface area contributed by atoms with E-state index in [1.54, 1.807) is 11.3 Å². The van der Waals surface area contributed by atoms with Crippen LogP contribution in [0.15, 0.2) is 5.38 Å². The summed E-state index contributed by atoms with van der Waals surface area (Å²) in [5.41, 5.74) is 1.23. The van der Waals surface area contributed by atoms with Crippen LogP contribution in [0.4, 0.5) is 0 Å². The highest BCUT2D eigenvalue weighted by Gasteiger charge is 2.26. The van der Waals surface area contributed by atoms with Gasteiger partial charge >= 0.3 is 0 Å². The van der Waals surface area contributed by atoms with Crippen LogP contribution >= 0.6 is 11.3 Å². The number of thiazole rings is 1. The normalized spacial score (nSPS) is 20.5. The summed E-state index contributed by atoms with van der Waals surface area (Å²) in [7, 11) is 1.97. The molecular formula is C14H26N4S. The van der Waals surface area contributed by atoms with E-state index in [0.717, 1.165) is 32.2 Å². The SMILES string of the molecule is CCN(CC)C1CCN(Cc2csc(CNC)n2)C1. The van der Waals surface area contributed by atoms with Crippen molar-refractivity contribution in [1.82, 2.24) is 20.1 Å². The Bertz CT molecular complexity index is 375. The molecule has 0 bridgehead atoms. The van der Waals surface area contributed by atoms with Gasteiger partial charge in [0.1, 0.15) is 5.01 Å². The Morgan fingerprint density at radius 2 is 2.26 bits per heavy atom. The smallest absolute Gasteiger partial charge is 0.107 e. The van der Waals surface area contributed by atoms with E-state index in [1.807, 2.05) is 7.05 Å². The number of nitrogens with one attached hydrogen (secondary N) is 1. The van der Waals surface area contributed by atoms with Crippen molar-refractivity contribution in [2.45, 2.75) is 39.4 Å². The molecule has 0 aliphatic carbocycles. The fourth-order valence-electron chi connectivity index (χ4n) is 2.88. The van der Waals surface area contributed by atoms with Crippen LogP contribution in [-0.4, -0.2) is 54.1 Å². The lowest BCUT2D eigenvalue weighted by molar-refractivity contribution is 0.208. The lowest BCUT2D eigenvalue weighted by Gasteiger charge is -2.26. The zero-order chi connectivity index (χ0) is 13.7. The van der Waals surface area contributed by atoms with E-state index in [0.29, 0.717) is 0 Å². The van der Waals surface area contributed by atoms with Crippen molar-refractivity contribution in [1.29, 1.82) is 0 Å². The molecule has 0 amide bonds. The van der Waals surface area contributed by atoms with E-state index in [1.165, 1.54) is 30.2 Å². The molecule has 1 aromatic heterocycles. The molecule has 0 saturated carbocycles. The molecule has 108 valence electrons. The van der Waals surface area contributed by atoms with E-state index >= 15 is 0 Å². The molecule has 0 radical (unpaired) electrons. The first-order valence-corrected chi connectivity index (χ1v) is 8.19. The molecule has 1 aromatic rings. The van der Waals surface area contributed by atoms with Crippen molar-refractivity contribution < 1.29 is 0 Å². The van der Waals surface area contributed by atoms with Gasteiger partial charge in [0.05, 0.1) is 5.69 Å². The maximum Gasteiger partial charge on any atom is 0.107 e. The zero-order valence-corrected chi connectivity index (χ0v) is 13.2. The summed E-state index contributed by atoms with van der Waals surface area (Å²) in [6, 6.07) is 0.741. The maximum atomic E-state index is 4.67. The molecule has 5 heteroatoms. The molecule has 1 atom stereocenters. The number of aromatic nitrogens is 1. The van der Waals surface area contributed by atoms with E-state index in [2.05, 4.69) is 39.3 Å². The largest absolute Gasteiger partial charge is 0.314 e. The van der Waals surface area contributed by atoms with Crippen LogP contribution in [0, 0.1) is 0 Å². The van der Waals surface area contributed by atoms with Gasteiger partial charge in [-0.25, -0.2) is 4.98 Å². The first-order valence-electron chi connectivity index (χ1n) is 7.31. The van der Waals surface area contributed by atoms with Crippen LogP contribution in [0.1, 0.15) is 31.0 Å². The second-order valence-electron chi connectivity index (χ2n) is 5.16. The molecular weight excluding hydrogens is 256 g/mol. The van der Waals surface area contributed by atoms with Crippen LogP contribution in [0.2, 0.25) is 0 Å². The molecule has 1 aliphatic rings. The Morgan fingerprint density at radius 3 is 2.95 bits per heavy atom. The summed E-state index contributed by atoms with van der Waals surface area (Å²) >= 11 is 1.76. The van der Waals surface area contributed by atoms with Crippen LogP contribution in [0.25, 0.3) is 0 Å². The van der Waals surface area contributed by atoms with Crippen LogP contribution in [0.3, 0.4) is 0 Å². The molecule has 19 heavy (non-hydrogen) atoms. The molecule has 1 N–H and O–H groups in total. The van der Waals surface area contributed by atoms with Crippen molar-refractivity contribution in [3.8, 4) is 0 Å². The van der Waals surface area contributed by atoms with Gasteiger partial charge in [-0.15, -0.1) is 11.3 Å². The molecule has 4 nitrogen and oxygen atoms in total. The van der Waals surface area contributed by atoms with Crippen molar-refractivity contribution >= 4 is 11.3 Å². The first kappa shape index (κ1) is 14.9. The van der Waals surface area contributed by atoms with E-state index < -0.39 is 0 Å². The standard InChI is InChI=1S/C14H26N4S/c1-4-18(5-2)13-6-7-17(10-13)9-12-11-19-14(16-12)8-15-3/h11,13,15H,4-10H2,1-3H3. The van der Waals surface area contributed by atoms with E-state index in [9.17, 15) is 0 Å². The fraction of sp³-hybridized carbons (Fsp3) is 0.786. The molecule has 2 rings (SSSR count). The Balaban J connectivity index is 1.83. The van der Waals surface area contributed by atoms with Gasteiger partial charge in [-0.3, -0.25) is 9.80 Å². The summed E-state index contributed by atoms with van der Waals surface area (Å²) in [4.78, 5) is 9.79. The number of hydrogen-bond acceptors (Lipinski definition) is 5. The molecule has 0 spiro atoms. The van der Waals surface area contributed by atoms with Crippen LogP contribution in [-0.2, 0) is 13.1 Å². The fourth-order valence-corrected chi connectivity index (χ4v) is 3.67. The molecule has 1 unspecified atom stereocenters. The predicted octanol–water partition coefficient (Wildman–Crippen LogP) is 1.78. The number of rotatable bonds is 7. The predicted molar refractivity (Wildman–Crippen MR) is 81.5 cm³/mol. The Labute approximate surface area is 120 Å². The molecule has 1 fully saturated rings. The Morgan fingerprint density at radius 1 is 1.47 bits per heavy atom. The van der Waals surface area contributed by atoms with Crippen LogP contribution in [0.5, 0.6) is 0 Å². The highest BCUT2D eigenvalue weighted by Crippen LogP contribution is 2.19. The van der Waals surface area contributed by atoms with Gasteiger partial charge in [-0.05, 0) is 26.6 Å². The summed E-state index contributed by atoms with van der Waals surface area (Å²) in [5.74, 6) is 0. The lowest BCUT2D eigenvalue weighted by Crippen LogP contribution is -2.37. The van der Waals surface area contributed by atoms with Crippen molar-refractivity contribution in [2.24, 2.45) is 0 Å². The molecule has 1 aliphatic heterocycles. The zero-order valence-electron chi connectivity index (χ0n) is 12.4. The molecule has 1 saturated heterocycles. The second kappa shape index (κ2) is 7.33. The minimum absolute atomic E-state index is 0.741. The van der Waals surface area contributed by atoms with Gasteiger partial charge in [0.2, 0.25) is 0 Å². The third-order valence-electron chi connectivity index (χ3n) is 3.89. The maximum absolute atomic E-state index is 4.67. The van der Waals surface area contributed by atoms with Crippen molar-refractivity contribution in [3.63, 3.8) is 0 Å². The summed E-state index contributed by atoms with van der Waals surface area (Å²) in [6.07, 6.45) is 1.30. The quantitative estimate of drug-likeness (QED) is 0.826. The molecule has 2 heterocycles. The number of hydrogen-bond donors (Lipinski definition) is 1. The average Bonchev–Trinajstić information content (AvgIpc) is 3.02. The average molecular weight is 282 g/mol. The molecule has 0 aromatic carbocycles. The summed E-state index contributed by atoms with van der Waals surface area (Å²) in [5, 5.41) is 6.55.